The summed E-state index contributed by atoms with van der Waals surface area (Å²) in [7, 11) is 0. The molecule has 0 saturated heterocycles. The van der Waals surface area contributed by atoms with E-state index in [-0.39, 0.29) is 0 Å². The molecular weight excluding hydrogens is 242 g/mol. The maximum absolute atomic E-state index is 3.98. The first kappa shape index (κ1) is 14.1. The van der Waals surface area contributed by atoms with E-state index in [1.165, 1.54) is 56.1 Å². The standard InChI is InChI=1S/C19H29N/c1-14-8-10-17(11-9-14)19(18-12-13-18)20-15(2)16-6-4-3-5-7-16/h8-11,15-16,18-20H,3-7,12-13H2,1-2H3/t15-,19?/m1/s1. The lowest BCUT2D eigenvalue weighted by atomic mass is 9.84. The highest BCUT2D eigenvalue weighted by Gasteiger charge is 2.34. The van der Waals surface area contributed by atoms with Crippen molar-refractivity contribution in [1.29, 1.82) is 0 Å². The fraction of sp³-hybridized carbons (Fsp3) is 0.684. The van der Waals surface area contributed by atoms with E-state index in [0.29, 0.717) is 12.1 Å². The monoisotopic (exact) mass is 271 g/mol. The number of hydrogen-bond donors (Lipinski definition) is 1. The minimum absolute atomic E-state index is 0.590. The average molecular weight is 271 g/mol. The molecule has 110 valence electrons. The summed E-state index contributed by atoms with van der Waals surface area (Å²) in [4.78, 5) is 0. The quantitative estimate of drug-likeness (QED) is 0.794. The molecule has 1 N–H and O–H groups in total. The first-order valence-electron chi connectivity index (χ1n) is 8.56. The third-order valence-corrected chi connectivity index (χ3v) is 5.33. The summed E-state index contributed by atoms with van der Waals surface area (Å²) in [6, 6.07) is 10.4. The van der Waals surface area contributed by atoms with Gasteiger partial charge in [-0.1, -0.05) is 49.1 Å². The lowest BCUT2D eigenvalue weighted by Gasteiger charge is -2.32. The van der Waals surface area contributed by atoms with Crippen LogP contribution in [0.15, 0.2) is 24.3 Å². The fourth-order valence-corrected chi connectivity index (χ4v) is 3.76. The van der Waals surface area contributed by atoms with Gasteiger partial charge in [-0.2, -0.15) is 0 Å². The minimum Gasteiger partial charge on any atom is -0.307 e. The molecule has 0 spiro atoms. The summed E-state index contributed by atoms with van der Waals surface area (Å²) in [6.45, 7) is 4.59. The number of nitrogens with one attached hydrogen (secondary N) is 1. The van der Waals surface area contributed by atoms with Crippen molar-refractivity contribution in [3.05, 3.63) is 35.4 Å². The molecule has 2 saturated carbocycles. The van der Waals surface area contributed by atoms with Crippen LogP contribution < -0.4 is 5.32 Å². The molecule has 20 heavy (non-hydrogen) atoms. The van der Waals surface area contributed by atoms with Crippen LogP contribution in [-0.4, -0.2) is 6.04 Å². The molecule has 1 heteroatoms. The van der Waals surface area contributed by atoms with Gasteiger partial charge < -0.3 is 5.32 Å². The van der Waals surface area contributed by atoms with E-state index >= 15 is 0 Å². The van der Waals surface area contributed by atoms with Crippen LogP contribution in [0.5, 0.6) is 0 Å². The molecule has 0 radical (unpaired) electrons. The Morgan fingerprint density at radius 3 is 2.15 bits per heavy atom. The molecule has 3 rings (SSSR count). The van der Waals surface area contributed by atoms with Gasteiger partial charge in [-0.15, -0.1) is 0 Å². The van der Waals surface area contributed by atoms with Crippen molar-refractivity contribution in [2.24, 2.45) is 11.8 Å². The van der Waals surface area contributed by atoms with Crippen molar-refractivity contribution in [3.8, 4) is 0 Å². The van der Waals surface area contributed by atoms with E-state index in [9.17, 15) is 0 Å². The van der Waals surface area contributed by atoms with Gasteiger partial charge >= 0.3 is 0 Å². The highest BCUT2D eigenvalue weighted by molar-refractivity contribution is 5.25. The van der Waals surface area contributed by atoms with E-state index in [4.69, 9.17) is 0 Å². The predicted octanol–water partition coefficient (Wildman–Crippen LogP) is 5.00. The van der Waals surface area contributed by atoms with Crippen molar-refractivity contribution < 1.29 is 0 Å². The van der Waals surface area contributed by atoms with Crippen LogP contribution in [0.25, 0.3) is 0 Å². The second-order valence-electron chi connectivity index (χ2n) is 7.08. The van der Waals surface area contributed by atoms with Gasteiger partial charge in [0, 0.05) is 12.1 Å². The Kier molecular flexibility index (Phi) is 4.45. The Morgan fingerprint density at radius 2 is 1.55 bits per heavy atom. The number of benzene rings is 1. The van der Waals surface area contributed by atoms with E-state index in [1.54, 1.807) is 0 Å². The number of hydrogen-bond acceptors (Lipinski definition) is 1. The van der Waals surface area contributed by atoms with Crippen molar-refractivity contribution in [2.45, 2.75) is 70.9 Å². The molecule has 0 aliphatic heterocycles. The Morgan fingerprint density at radius 1 is 0.900 bits per heavy atom. The zero-order valence-corrected chi connectivity index (χ0v) is 13.1. The van der Waals surface area contributed by atoms with Crippen molar-refractivity contribution in [1.82, 2.24) is 5.32 Å². The third-order valence-electron chi connectivity index (χ3n) is 5.33. The molecule has 2 aliphatic carbocycles. The molecule has 1 aromatic carbocycles. The second kappa shape index (κ2) is 6.30. The molecule has 2 fully saturated rings. The predicted molar refractivity (Wildman–Crippen MR) is 85.8 cm³/mol. The smallest absolute Gasteiger partial charge is 0.0351 e. The molecule has 0 heterocycles. The normalized spacial score (nSPS) is 23.5. The van der Waals surface area contributed by atoms with E-state index in [2.05, 4.69) is 43.4 Å². The number of rotatable bonds is 5. The average Bonchev–Trinajstić information content (AvgIpc) is 3.31. The van der Waals surface area contributed by atoms with Gasteiger partial charge in [0.1, 0.15) is 0 Å². The summed E-state index contributed by atoms with van der Waals surface area (Å²) < 4.78 is 0. The summed E-state index contributed by atoms with van der Waals surface area (Å²) in [5.74, 6) is 1.78. The summed E-state index contributed by atoms with van der Waals surface area (Å²) in [5, 5.41) is 3.98. The maximum Gasteiger partial charge on any atom is 0.0351 e. The first-order valence-corrected chi connectivity index (χ1v) is 8.56. The highest BCUT2D eigenvalue weighted by Crippen LogP contribution is 2.42. The zero-order chi connectivity index (χ0) is 13.9. The lowest BCUT2D eigenvalue weighted by Crippen LogP contribution is -2.38. The van der Waals surface area contributed by atoms with Crippen LogP contribution in [0, 0.1) is 18.8 Å². The van der Waals surface area contributed by atoms with Gasteiger partial charge in [-0.3, -0.25) is 0 Å². The lowest BCUT2D eigenvalue weighted by molar-refractivity contribution is 0.257. The molecule has 1 nitrogen and oxygen atoms in total. The summed E-state index contributed by atoms with van der Waals surface area (Å²) in [5.41, 5.74) is 2.87. The van der Waals surface area contributed by atoms with Crippen LogP contribution in [0.4, 0.5) is 0 Å². The zero-order valence-electron chi connectivity index (χ0n) is 13.1. The van der Waals surface area contributed by atoms with Crippen LogP contribution in [-0.2, 0) is 0 Å². The molecule has 1 unspecified atom stereocenters. The van der Waals surface area contributed by atoms with Crippen molar-refractivity contribution in [2.75, 3.05) is 0 Å². The molecule has 1 aromatic rings. The van der Waals surface area contributed by atoms with Crippen LogP contribution in [0.1, 0.15) is 69.0 Å². The first-order chi connectivity index (χ1) is 9.74. The van der Waals surface area contributed by atoms with Gasteiger partial charge in [-0.25, -0.2) is 0 Å². The van der Waals surface area contributed by atoms with E-state index in [1.807, 2.05) is 0 Å². The third kappa shape index (κ3) is 3.44. The van der Waals surface area contributed by atoms with Crippen molar-refractivity contribution in [3.63, 3.8) is 0 Å². The SMILES string of the molecule is Cc1ccc(C(N[C@H](C)C2CCCCC2)C2CC2)cc1. The van der Waals surface area contributed by atoms with Crippen LogP contribution >= 0.6 is 0 Å². The van der Waals surface area contributed by atoms with Gasteiger partial charge in [0.05, 0.1) is 0 Å². The summed E-state index contributed by atoms with van der Waals surface area (Å²) >= 11 is 0. The largest absolute Gasteiger partial charge is 0.307 e. The Balaban J connectivity index is 1.66. The van der Waals surface area contributed by atoms with Gasteiger partial charge in [-0.05, 0) is 56.9 Å². The van der Waals surface area contributed by atoms with Gasteiger partial charge in [0.25, 0.3) is 0 Å². The Bertz CT molecular complexity index is 412. The molecular formula is C19H29N. The van der Waals surface area contributed by atoms with E-state index < -0.39 is 0 Å². The molecule has 0 amide bonds. The molecule has 2 atom stereocenters. The molecule has 2 aliphatic rings. The Labute approximate surface area is 124 Å². The second-order valence-corrected chi connectivity index (χ2v) is 7.08. The van der Waals surface area contributed by atoms with Gasteiger partial charge in [0.15, 0.2) is 0 Å². The van der Waals surface area contributed by atoms with Crippen LogP contribution in [0.2, 0.25) is 0 Å². The highest BCUT2D eigenvalue weighted by atomic mass is 15.0. The van der Waals surface area contributed by atoms with Crippen molar-refractivity contribution >= 4 is 0 Å². The summed E-state index contributed by atoms with van der Waals surface area (Å²) in [6.07, 6.45) is 10.0. The fourth-order valence-electron chi connectivity index (χ4n) is 3.76. The topological polar surface area (TPSA) is 12.0 Å². The van der Waals surface area contributed by atoms with E-state index in [0.717, 1.165) is 11.8 Å². The molecule has 0 aromatic heterocycles. The van der Waals surface area contributed by atoms with Crippen LogP contribution in [0.3, 0.4) is 0 Å². The minimum atomic E-state index is 0.590. The maximum atomic E-state index is 3.98. The number of aryl methyl sites for hydroxylation is 1. The van der Waals surface area contributed by atoms with Gasteiger partial charge in [0.2, 0.25) is 0 Å². The Hall–Kier alpha value is -0.820. The molecule has 0 bridgehead atoms.